The Morgan fingerprint density at radius 1 is 1.56 bits per heavy atom. The molecule has 2 N–H and O–H groups in total. The highest BCUT2D eigenvalue weighted by Gasteiger charge is 2.18. The van der Waals surface area contributed by atoms with E-state index < -0.39 is 0 Å². The molecule has 0 saturated heterocycles. The lowest BCUT2D eigenvalue weighted by molar-refractivity contribution is 0.415. The lowest BCUT2D eigenvalue weighted by Gasteiger charge is -2.10. The zero-order valence-corrected chi connectivity index (χ0v) is 12.6. The van der Waals surface area contributed by atoms with Crippen molar-refractivity contribution < 1.29 is 4.42 Å². The van der Waals surface area contributed by atoms with Crippen molar-refractivity contribution in [2.75, 3.05) is 5.73 Å². The molecule has 0 saturated carbocycles. The first-order valence-electron chi connectivity index (χ1n) is 4.76. The average molecular weight is 396 g/mol. The number of nitrogens with zero attached hydrogens (tertiary/aromatic N) is 2. The van der Waals surface area contributed by atoms with Crippen molar-refractivity contribution >= 4 is 44.3 Å². The van der Waals surface area contributed by atoms with E-state index in [2.05, 4.69) is 43.6 Å². The van der Waals surface area contributed by atoms with Crippen molar-refractivity contribution in [2.24, 2.45) is 0 Å². The molecule has 86 valence electrons. The molecule has 0 radical (unpaired) electrons. The summed E-state index contributed by atoms with van der Waals surface area (Å²) in [5.74, 6) is 1.51. The van der Waals surface area contributed by atoms with Gasteiger partial charge in [0.15, 0.2) is 4.67 Å². The van der Waals surface area contributed by atoms with Crippen LogP contribution < -0.4 is 5.73 Å². The molecule has 2 aromatic rings. The van der Waals surface area contributed by atoms with Crippen LogP contribution in [0.4, 0.5) is 5.82 Å². The number of furan rings is 1. The van der Waals surface area contributed by atoms with Gasteiger partial charge >= 0.3 is 0 Å². The van der Waals surface area contributed by atoms with E-state index in [0.29, 0.717) is 10.5 Å². The van der Waals surface area contributed by atoms with Crippen LogP contribution in [0.3, 0.4) is 0 Å². The topological polar surface area (TPSA) is 57.0 Å². The van der Waals surface area contributed by atoms with Gasteiger partial charge in [-0.15, -0.1) is 0 Å². The number of rotatable bonds is 2. The van der Waals surface area contributed by atoms with Crippen LogP contribution in [-0.2, 0) is 0 Å². The first-order chi connectivity index (χ1) is 7.50. The fraction of sp³-hybridized carbons (Fsp3) is 0.300. The number of hydrogen-bond acceptors (Lipinski definition) is 3. The number of halogens is 2. The monoisotopic (exact) mass is 395 g/mol. The first-order valence-corrected chi connectivity index (χ1v) is 6.63. The molecule has 0 fully saturated rings. The van der Waals surface area contributed by atoms with Crippen LogP contribution in [0.5, 0.6) is 0 Å². The average Bonchev–Trinajstić information content (AvgIpc) is 2.78. The van der Waals surface area contributed by atoms with Crippen molar-refractivity contribution in [3.63, 3.8) is 0 Å². The minimum absolute atomic E-state index is 0.00600. The van der Waals surface area contributed by atoms with Crippen LogP contribution in [0.2, 0.25) is 0 Å². The summed E-state index contributed by atoms with van der Waals surface area (Å²) in [6.07, 6.45) is 0. The second-order valence-corrected chi connectivity index (χ2v) is 5.41. The van der Waals surface area contributed by atoms with E-state index in [-0.39, 0.29) is 6.04 Å². The number of nitrogen functional groups attached to an aromatic ring is 1. The second kappa shape index (κ2) is 4.40. The van der Waals surface area contributed by atoms with Gasteiger partial charge in [-0.3, -0.25) is 0 Å². The van der Waals surface area contributed by atoms with Gasteiger partial charge < -0.3 is 10.2 Å². The predicted octanol–water partition coefficient (Wildman–Crippen LogP) is 3.34. The zero-order chi connectivity index (χ0) is 11.9. The molecule has 0 aliphatic rings. The number of anilines is 1. The molecule has 0 amide bonds. The molecule has 0 spiro atoms. The summed E-state index contributed by atoms with van der Waals surface area (Å²) >= 11 is 5.48. The van der Waals surface area contributed by atoms with Gasteiger partial charge in [0.2, 0.25) is 0 Å². The fourth-order valence-corrected chi connectivity index (χ4v) is 2.19. The third-order valence-electron chi connectivity index (χ3n) is 2.42. The van der Waals surface area contributed by atoms with E-state index in [4.69, 9.17) is 10.2 Å². The van der Waals surface area contributed by atoms with E-state index in [1.54, 1.807) is 4.68 Å². The number of nitrogens with two attached hydrogens (primary N) is 1. The summed E-state index contributed by atoms with van der Waals surface area (Å²) in [5.41, 5.74) is 6.93. The minimum atomic E-state index is -0.00600. The Bertz CT molecular complexity index is 520. The van der Waals surface area contributed by atoms with Gasteiger partial charge in [0.05, 0.1) is 9.26 Å². The van der Waals surface area contributed by atoms with Gasteiger partial charge in [-0.25, -0.2) is 4.68 Å². The molecule has 0 aromatic carbocycles. The fourth-order valence-electron chi connectivity index (χ4n) is 1.51. The molecule has 0 bridgehead atoms. The van der Waals surface area contributed by atoms with Crippen LogP contribution in [0.15, 0.2) is 21.2 Å². The van der Waals surface area contributed by atoms with Crippen LogP contribution in [0, 0.1) is 10.5 Å². The lowest BCUT2D eigenvalue weighted by Crippen LogP contribution is -2.11. The molecular formula is C10H11BrIN3O. The summed E-state index contributed by atoms with van der Waals surface area (Å²) in [6.45, 7) is 3.95. The van der Waals surface area contributed by atoms with Gasteiger partial charge in [-0.2, -0.15) is 5.10 Å². The summed E-state index contributed by atoms with van der Waals surface area (Å²) in [7, 11) is 0. The van der Waals surface area contributed by atoms with Crippen LogP contribution in [-0.4, -0.2) is 9.78 Å². The van der Waals surface area contributed by atoms with Crippen molar-refractivity contribution in [1.29, 1.82) is 0 Å². The number of hydrogen-bond donors (Lipinski definition) is 1. The maximum absolute atomic E-state index is 5.99. The molecule has 1 atom stereocenters. The number of aromatic nitrogens is 2. The van der Waals surface area contributed by atoms with E-state index >= 15 is 0 Å². The molecule has 0 aliphatic carbocycles. The van der Waals surface area contributed by atoms with Crippen molar-refractivity contribution in [3.8, 4) is 0 Å². The molecular weight excluding hydrogens is 385 g/mol. The highest BCUT2D eigenvalue weighted by Crippen LogP contribution is 2.28. The Balaban J connectivity index is 2.41. The van der Waals surface area contributed by atoms with Crippen molar-refractivity contribution in [1.82, 2.24) is 9.78 Å². The van der Waals surface area contributed by atoms with E-state index in [9.17, 15) is 0 Å². The standard InChI is InChI=1S/C10H11BrIN3O/c1-5-9(12)10(13)15(14-5)6(2)7-3-4-8(11)16-7/h3-4,6H,13H2,1-2H3. The first kappa shape index (κ1) is 12.0. The molecule has 6 heteroatoms. The molecule has 16 heavy (non-hydrogen) atoms. The van der Waals surface area contributed by atoms with Crippen molar-refractivity contribution in [2.45, 2.75) is 19.9 Å². The Hall–Kier alpha value is -0.500. The molecule has 0 aliphatic heterocycles. The quantitative estimate of drug-likeness (QED) is 0.793. The third kappa shape index (κ3) is 2.00. The highest BCUT2D eigenvalue weighted by molar-refractivity contribution is 14.1. The smallest absolute Gasteiger partial charge is 0.169 e. The third-order valence-corrected chi connectivity index (χ3v) is 4.18. The van der Waals surface area contributed by atoms with E-state index in [0.717, 1.165) is 15.0 Å². The van der Waals surface area contributed by atoms with Crippen LogP contribution in [0.1, 0.15) is 24.4 Å². The van der Waals surface area contributed by atoms with Crippen LogP contribution >= 0.6 is 38.5 Å². The molecule has 2 heterocycles. The normalized spacial score (nSPS) is 13.0. The Morgan fingerprint density at radius 2 is 2.25 bits per heavy atom. The Morgan fingerprint density at radius 3 is 2.69 bits per heavy atom. The SMILES string of the molecule is Cc1nn(C(C)c2ccc(Br)o2)c(N)c1I. The zero-order valence-electron chi connectivity index (χ0n) is 8.87. The van der Waals surface area contributed by atoms with Gasteiger partial charge in [-0.05, 0) is 64.5 Å². The summed E-state index contributed by atoms with van der Waals surface area (Å²) in [4.78, 5) is 0. The second-order valence-electron chi connectivity index (χ2n) is 3.55. The number of aryl methyl sites for hydroxylation is 1. The lowest BCUT2D eigenvalue weighted by atomic mass is 10.2. The summed E-state index contributed by atoms with van der Waals surface area (Å²) in [5, 5.41) is 4.40. The molecule has 4 nitrogen and oxygen atoms in total. The maximum atomic E-state index is 5.99. The predicted molar refractivity (Wildman–Crippen MR) is 74.3 cm³/mol. The minimum Gasteiger partial charge on any atom is -0.452 e. The van der Waals surface area contributed by atoms with Gasteiger partial charge in [0, 0.05) is 0 Å². The van der Waals surface area contributed by atoms with Gasteiger partial charge in [0.25, 0.3) is 0 Å². The summed E-state index contributed by atoms with van der Waals surface area (Å²) < 4.78 is 8.99. The van der Waals surface area contributed by atoms with Gasteiger partial charge in [-0.1, -0.05) is 0 Å². The highest BCUT2D eigenvalue weighted by atomic mass is 127. The largest absolute Gasteiger partial charge is 0.452 e. The summed E-state index contributed by atoms with van der Waals surface area (Å²) in [6, 6.07) is 3.77. The van der Waals surface area contributed by atoms with Gasteiger partial charge in [0.1, 0.15) is 17.6 Å². The van der Waals surface area contributed by atoms with Crippen molar-refractivity contribution in [3.05, 3.63) is 31.8 Å². The Kier molecular flexibility index (Phi) is 3.29. The molecule has 2 rings (SSSR count). The molecule has 2 aromatic heterocycles. The van der Waals surface area contributed by atoms with Crippen LogP contribution in [0.25, 0.3) is 0 Å². The Labute approximate surface area is 115 Å². The molecule has 1 unspecified atom stereocenters. The maximum Gasteiger partial charge on any atom is 0.169 e. The van der Waals surface area contributed by atoms with E-state index in [1.165, 1.54) is 0 Å². The van der Waals surface area contributed by atoms with E-state index in [1.807, 2.05) is 26.0 Å².